The molecule has 3 rings (SSSR count). The molecule has 1 unspecified atom stereocenters. The minimum absolute atomic E-state index is 0.0607. The molecule has 2 N–H and O–H groups in total. The van der Waals surface area contributed by atoms with E-state index < -0.39 is 12.2 Å². The summed E-state index contributed by atoms with van der Waals surface area (Å²) in [5.41, 5.74) is 0. The number of aliphatic hydroxyl groups is 2. The SMILES string of the molecule is O=C1CC(C(=O)N2C[C@@H](O)[C@@H](O)C2)CN1CC1CC1. The fourth-order valence-corrected chi connectivity index (χ4v) is 2.93. The Hall–Kier alpha value is -1.14. The standard InChI is InChI=1S/C13H20N2O4/c16-10-6-15(7-11(10)17)13(19)9-3-12(18)14(5-9)4-8-1-2-8/h8-11,16-17H,1-7H2/t9?,10-,11+. The molecule has 0 spiro atoms. The van der Waals surface area contributed by atoms with E-state index in [0.29, 0.717) is 12.5 Å². The zero-order valence-electron chi connectivity index (χ0n) is 10.9. The lowest BCUT2D eigenvalue weighted by molar-refractivity contribution is -0.135. The molecule has 6 nitrogen and oxygen atoms in total. The van der Waals surface area contributed by atoms with Crippen molar-refractivity contribution in [2.75, 3.05) is 26.2 Å². The topological polar surface area (TPSA) is 81.1 Å². The second-order valence-electron chi connectivity index (χ2n) is 6.02. The Morgan fingerprint density at radius 3 is 2.37 bits per heavy atom. The van der Waals surface area contributed by atoms with E-state index in [9.17, 15) is 19.8 Å². The maximum absolute atomic E-state index is 12.3. The lowest BCUT2D eigenvalue weighted by Gasteiger charge is -2.20. The molecule has 6 heteroatoms. The van der Waals surface area contributed by atoms with Gasteiger partial charge >= 0.3 is 0 Å². The van der Waals surface area contributed by atoms with Gasteiger partial charge in [-0.1, -0.05) is 0 Å². The average Bonchev–Trinajstić information content (AvgIpc) is 3.02. The van der Waals surface area contributed by atoms with E-state index in [0.717, 1.165) is 6.54 Å². The number of nitrogens with zero attached hydrogens (tertiary/aromatic N) is 2. The smallest absolute Gasteiger partial charge is 0.228 e. The molecule has 1 saturated carbocycles. The average molecular weight is 268 g/mol. The maximum Gasteiger partial charge on any atom is 0.228 e. The van der Waals surface area contributed by atoms with Gasteiger partial charge in [-0.25, -0.2) is 0 Å². The summed E-state index contributed by atoms with van der Waals surface area (Å²) >= 11 is 0. The van der Waals surface area contributed by atoms with E-state index in [1.54, 1.807) is 4.90 Å². The molecule has 0 radical (unpaired) electrons. The third-order valence-corrected chi connectivity index (χ3v) is 4.31. The van der Waals surface area contributed by atoms with E-state index >= 15 is 0 Å². The summed E-state index contributed by atoms with van der Waals surface area (Å²) in [5.74, 6) is 0.282. The van der Waals surface area contributed by atoms with Crippen LogP contribution in [0.5, 0.6) is 0 Å². The minimum atomic E-state index is -0.858. The van der Waals surface area contributed by atoms with E-state index in [1.165, 1.54) is 17.7 Å². The zero-order valence-corrected chi connectivity index (χ0v) is 10.9. The molecule has 2 heterocycles. The van der Waals surface area contributed by atoms with E-state index in [-0.39, 0.29) is 37.2 Å². The van der Waals surface area contributed by atoms with Gasteiger partial charge in [-0.3, -0.25) is 9.59 Å². The van der Waals surface area contributed by atoms with Gasteiger partial charge < -0.3 is 20.0 Å². The first-order chi connectivity index (χ1) is 9.04. The summed E-state index contributed by atoms with van der Waals surface area (Å²) in [7, 11) is 0. The van der Waals surface area contributed by atoms with Crippen molar-refractivity contribution in [3.05, 3.63) is 0 Å². The van der Waals surface area contributed by atoms with Crippen molar-refractivity contribution in [1.29, 1.82) is 0 Å². The predicted molar refractivity (Wildman–Crippen MR) is 66.0 cm³/mol. The Kier molecular flexibility index (Phi) is 3.22. The summed E-state index contributed by atoms with van der Waals surface area (Å²) < 4.78 is 0. The van der Waals surface area contributed by atoms with Crippen LogP contribution in [0.25, 0.3) is 0 Å². The lowest BCUT2D eigenvalue weighted by Crippen LogP contribution is -2.37. The monoisotopic (exact) mass is 268 g/mol. The van der Waals surface area contributed by atoms with Gasteiger partial charge in [0.2, 0.25) is 11.8 Å². The molecule has 3 atom stereocenters. The van der Waals surface area contributed by atoms with E-state index in [2.05, 4.69) is 0 Å². The molecular weight excluding hydrogens is 248 g/mol. The van der Waals surface area contributed by atoms with Gasteiger partial charge in [0, 0.05) is 32.6 Å². The van der Waals surface area contributed by atoms with Crippen LogP contribution in [0.1, 0.15) is 19.3 Å². The Morgan fingerprint density at radius 2 is 1.79 bits per heavy atom. The molecule has 19 heavy (non-hydrogen) atoms. The predicted octanol–water partition coefficient (Wildman–Crippen LogP) is -1.19. The van der Waals surface area contributed by atoms with Gasteiger partial charge in [-0.2, -0.15) is 0 Å². The van der Waals surface area contributed by atoms with Gasteiger partial charge in [0.05, 0.1) is 18.1 Å². The summed E-state index contributed by atoms with van der Waals surface area (Å²) in [6, 6.07) is 0. The second-order valence-corrected chi connectivity index (χ2v) is 6.02. The van der Waals surface area contributed by atoms with Gasteiger partial charge in [0.25, 0.3) is 0 Å². The molecule has 0 aromatic carbocycles. The Labute approximate surface area is 112 Å². The van der Waals surface area contributed by atoms with Crippen molar-refractivity contribution in [3.8, 4) is 0 Å². The highest BCUT2D eigenvalue weighted by Crippen LogP contribution is 2.32. The zero-order chi connectivity index (χ0) is 13.6. The number of carbonyl (C=O) groups is 2. The highest BCUT2D eigenvalue weighted by molar-refractivity contribution is 5.89. The fraction of sp³-hybridized carbons (Fsp3) is 0.846. The molecule has 3 fully saturated rings. The molecule has 2 aliphatic heterocycles. The maximum atomic E-state index is 12.3. The first-order valence-corrected chi connectivity index (χ1v) is 6.97. The van der Waals surface area contributed by atoms with Crippen molar-refractivity contribution in [2.45, 2.75) is 31.5 Å². The van der Waals surface area contributed by atoms with Crippen LogP contribution in [0.3, 0.4) is 0 Å². The number of aliphatic hydroxyl groups excluding tert-OH is 2. The number of likely N-dealkylation sites (tertiary alicyclic amines) is 2. The van der Waals surface area contributed by atoms with Crippen LogP contribution in [-0.4, -0.2) is 70.2 Å². The largest absolute Gasteiger partial charge is 0.388 e. The van der Waals surface area contributed by atoms with Crippen molar-refractivity contribution in [2.24, 2.45) is 11.8 Å². The minimum Gasteiger partial charge on any atom is -0.388 e. The number of amides is 2. The molecule has 106 valence electrons. The molecule has 1 aliphatic carbocycles. The Balaban J connectivity index is 1.57. The Morgan fingerprint density at radius 1 is 1.16 bits per heavy atom. The lowest BCUT2D eigenvalue weighted by atomic mass is 10.1. The summed E-state index contributed by atoms with van der Waals surface area (Å²) in [6.45, 7) is 1.63. The second kappa shape index (κ2) is 4.76. The summed E-state index contributed by atoms with van der Waals surface area (Å²) in [6.07, 6.45) is 0.931. The van der Waals surface area contributed by atoms with Gasteiger partial charge in [-0.05, 0) is 18.8 Å². The van der Waals surface area contributed by atoms with Crippen molar-refractivity contribution >= 4 is 11.8 Å². The molecule has 3 aliphatic rings. The third-order valence-electron chi connectivity index (χ3n) is 4.31. The van der Waals surface area contributed by atoms with Crippen molar-refractivity contribution in [1.82, 2.24) is 9.80 Å². The molecule has 2 amide bonds. The number of rotatable bonds is 3. The first kappa shape index (κ1) is 12.9. The molecule has 0 aromatic rings. The molecule has 0 bridgehead atoms. The van der Waals surface area contributed by atoms with Crippen molar-refractivity contribution < 1.29 is 19.8 Å². The normalized spacial score (nSPS) is 35.3. The van der Waals surface area contributed by atoms with Crippen LogP contribution < -0.4 is 0 Å². The van der Waals surface area contributed by atoms with Crippen LogP contribution in [0.2, 0.25) is 0 Å². The summed E-state index contributed by atoms with van der Waals surface area (Å²) in [5, 5.41) is 18.9. The number of hydrogen-bond acceptors (Lipinski definition) is 4. The summed E-state index contributed by atoms with van der Waals surface area (Å²) in [4.78, 5) is 27.4. The third kappa shape index (κ3) is 2.60. The van der Waals surface area contributed by atoms with Gasteiger partial charge in [-0.15, -0.1) is 0 Å². The van der Waals surface area contributed by atoms with Gasteiger partial charge in [0.15, 0.2) is 0 Å². The van der Waals surface area contributed by atoms with Crippen LogP contribution in [0, 0.1) is 11.8 Å². The highest BCUT2D eigenvalue weighted by atomic mass is 16.3. The first-order valence-electron chi connectivity index (χ1n) is 6.97. The number of carbonyl (C=O) groups excluding carboxylic acids is 2. The molecular formula is C13H20N2O4. The molecule has 0 aromatic heterocycles. The Bertz CT molecular complexity index is 386. The quantitative estimate of drug-likeness (QED) is 0.674. The highest BCUT2D eigenvalue weighted by Gasteiger charge is 2.41. The number of hydrogen-bond donors (Lipinski definition) is 2. The number of β-amino-alcohol motifs (C(OH)–C–C–N with tert-alkyl or cyclic N) is 2. The van der Waals surface area contributed by atoms with Crippen LogP contribution in [-0.2, 0) is 9.59 Å². The molecule has 2 saturated heterocycles. The van der Waals surface area contributed by atoms with Gasteiger partial charge in [0.1, 0.15) is 0 Å². The van der Waals surface area contributed by atoms with Crippen LogP contribution in [0.15, 0.2) is 0 Å². The van der Waals surface area contributed by atoms with E-state index in [1.807, 2.05) is 0 Å². The fourth-order valence-electron chi connectivity index (χ4n) is 2.93. The van der Waals surface area contributed by atoms with Crippen LogP contribution in [0.4, 0.5) is 0 Å². The van der Waals surface area contributed by atoms with Crippen molar-refractivity contribution in [3.63, 3.8) is 0 Å². The van der Waals surface area contributed by atoms with E-state index in [4.69, 9.17) is 0 Å². The van der Waals surface area contributed by atoms with Crippen LogP contribution >= 0.6 is 0 Å².